The van der Waals surface area contributed by atoms with Gasteiger partial charge in [-0.1, -0.05) is 55.8 Å². The summed E-state index contributed by atoms with van der Waals surface area (Å²) in [5, 5.41) is 11.0. The van der Waals surface area contributed by atoms with Crippen molar-refractivity contribution in [2.75, 3.05) is 0 Å². The largest absolute Gasteiger partial charge is 0.393 e. The van der Waals surface area contributed by atoms with Crippen LogP contribution in [-0.4, -0.2) is 11.2 Å². The quantitative estimate of drug-likeness (QED) is 0.812. The predicted molar refractivity (Wildman–Crippen MR) is 81.7 cm³/mol. The summed E-state index contributed by atoms with van der Waals surface area (Å²) < 4.78 is 0. The van der Waals surface area contributed by atoms with Crippen LogP contribution in [0.5, 0.6) is 0 Å². The van der Waals surface area contributed by atoms with Crippen LogP contribution >= 0.6 is 11.6 Å². The van der Waals surface area contributed by atoms with Gasteiger partial charge in [-0.2, -0.15) is 0 Å². The summed E-state index contributed by atoms with van der Waals surface area (Å²) >= 11 is 6.21. The zero-order chi connectivity index (χ0) is 13.7. The highest BCUT2D eigenvalue weighted by Crippen LogP contribution is 2.28. The van der Waals surface area contributed by atoms with E-state index in [9.17, 15) is 5.11 Å². The minimum absolute atomic E-state index is 0.248. The van der Waals surface area contributed by atoms with Gasteiger partial charge in [0, 0.05) is 5.02 Å². The van der Waals surface area contributed by atoms with E-state index in [2.05, 4.69) is 6.07 Å². The van der Waals surface area contributed by atoms with E-state index >= 15 is 0 Å². The molecule has 0 aliphatic heterocycles. The van der Waals surface area contributed by atoms with Crippen molar-refractivity contribution >= 4 is 11.6 Å². The van der Waals surface area contributed by atoms with Gasteiger partial charge in [0.15, 0.2) is 0 Å². The van der Waals surface area contributed by atoms with Crippen LogP contribution in [0.25, 0.3) is 0 Å². The van der Waals surface area contributed by atoms with Crippen LogP contribution in [0.3, 0.4) is 0 Å². The van der Waals surface area contributed by atoms with Crippen LogP contribution in [0, 0.1) is 12.8 Å². The third kappa shape index (κ3) is 4.81. The monoisotopic (exact) mass is 280 g/mol. The van der Waals surface area contributed by atoms with Crippen molar-refractivity contribution < 1.29 is 5.11 Å². The average molecular weight is 281 g/mol. The molecule has 1 N–H and O–H groups in total. The highest BCUT2D eigenvalue weighted by molar-refractivity contribution is 6.31. The molecule has 0 heterocycles. The van der Waals surface area contributed by atoms with Gasteiger partial charge >= 0.3 is 0 Å². The highest BCUT2D eigenvalue weighted by Gasteiger charge is 2.16. The van der Waals surface area contributed by atoms with Crippen molar-refractivity contribution in [2.45, 2.75) is 64.4 Å². The van der Waals surface area contributed by atoms with Crippen LogP contribution in [0.4, 0.5) is 0 Å². The van der Waals surface area contributed by atoms with Crippen molar-refractivity contribution in [1.29, 1.82) is 0 Å². The molecular weight excluding hydrogens is 256 g/mol. The molecule has 2 heteroatoms. The molecule has 1 aliphatic rings. The van der Waals surface area contributed by atoms with Gasteiger partial charge in [0.2, 0.25) is 0 Å². The Bertz CT molecular complexity index is 396. The smallest absolute Gasteiger partial charge is 0.0581 e. The van der Waals surface area contributed by atoms with E-state index in [1.54, 1.807) is 0 Å². The first-order valence-electron chi connectivity index (χ1n) is 7.58. The maximum absolute atomic E-state index is 10.2. The second kappa shape index (κ2) is 7.31. The third-order valence-corrected chi connectivity index (χ3v) is 4.65. The van der Waals surface area contributed by atoms with Gasteiger partial charge in [-0.25, -0.2) is 0 Å². The second-order valence-electron chi connectivity index (χ2n) is 6.03. The predicted octanol–water partition coefficient (Wildman–Crippen LogP) is 4.91. The van der Waals surface area contributed by atoms with Gasteiger partial charge in [0.05, 0.1) is 6.10 Å². The number of aliphatic hydroxyl groups excluding tert-OH is 1. The van der Waals surface area contributed by atoms with Crippen LogP contribution < -0.4 is 0 Å². The molecule has 106 valence electrons. The molecule has 1 unspecified atom stereocenters. The Balaban J connectivity index is 1.78. The number of halogens is 1. The minimum atomic E-state index is -0.248. The van der Waals surface area contributed by atoms with Gasteiger partial charge in [-0.05, 0) is 49.3 Å². The summed E-state index contributed by atoms with van der Waals surface area (Å²) in [6.45, 7) is 2.04. The van der Waals surface area contributed by atoms with Gasteiger partial charge in [-0.15, -0.1) is 0 Å². The van der Waals surface area contributed by atoms with Crippen LogP contribution in [-0.2, 0) is 6.42 Å². The van der Waals surface area contributed by atoms with Gasteiger partial charge in [0.1, 0.15) is 0 Å². The lowest BCUT2D eigenvalue weighted by Gasteiger charge is -2.22. The molecule has 0 saturated heterocycles. The number of hydrogen-bond acceptors (Lipinski definition) is 1. The topological polar surface area (TPSA) is 20.2 Å². The lowest BCUT2D eigenvalue weighted by Crippen LogP contribution is -2.14. The van der Waals surface area contributed by atoms with Crippen molar-refractivity contribution in [2.24, 2.45) is 5.92 Å². The first-order valence-corrected chi connectivity index (χ1v) is 7.96. The zero-order valence-electron chi connectivity index (χ0n) is 11.9. The van der Waals surface area contributed by atoms with Gasteiger partial charge in [0.25, 0.3) is 0 Å². The fourth-order valence-corrected chi connectivity index (χ4v) is 3.39. The average Bonchev–Trinajstić information content (AvgIpc) is 2.41. The Morgan fingerprint density at radius 1 is 1.26 bits per heavy atom. The van der Waals surface area contributed by atoms with Crippen molar-refractivity contribution in [1.82, 2.24) is 0 Å². The summed E-state index contributed by atoms with van der Waals surface area (Å²) in [7, 11) is 0. The lowest BCUT2D eigenvalue weighted by atomic mass is 9.85. The van der Waals surface area contributed by atoms with Crippen LogP contribution in [0.2, 0.25) is 5.02 Å². The molecule has 1 atom stereocenters. The standard InChI is InChI=1S/C17H25ClO/c1-13-7-9-15(17(18)11-13)12-16(19)10-8-14-5-3-2-4-6-14/h7,9,11,14,16,19H,2-6,8,10,12H2,1H3. The van der Waals surface area contributed by atoms with E-state index in [0.29, 0.717) is 6.42 Å². The summed E-state index contributed by atoms with van der Waals surface area (Å²) in [5.41, 5.74) is 2.24. The molecule has 2 rings (SSSR count). The summed E-state index contributed by atoms with van der Waals surface area (Å²) in [6.07, 6.45) is 9.40. The van der Waals surface area contributed by atoms with E-state index in [4.69, 9.17) is 11.6 Å². The number of aliphatic hydroxyl groups is 1. The number of rotatable bonds is 5. The molecule has 19 heavy (non-hydrogen) atoms. The van der Waals surface area contributed by atoms with Crippen LogP contribution in [0.15, 0.2) is 18.2 Å². The molecule has 0 radical (unpaired) electrons. The first kappa shape index (κ1) is 14.9. The maximum atomic E-state index is 10.2. The Labute approximate surface area is 122 Å². The molecule has 0 spiro atoms. The Morgan fingerprint density at radius 2 is 2.00 bits per heavy atom. The number of hydrogen-bond donors (Lipinski definition) is 1. The first-order chi connectivity index (χ1) is 9.15. The molecule has 0 bridgehead atoms. The van der Waals surface area contributed by atoms with Crippen molar-refractivity contribution in [3.63, 3.8) is 0 Å². The van der Waals surface area contributed by atoms with E-state index in [0.717, 1.165) is 22.9 Å². The summed E-state index contributed by atoms with van der Waals surface area (Å²) in [5.74, 6) is 0.844. The Morgan fingerprint density at radius 3 is 2.68 bits per heavy atom. The zero-order valence-corrected chi connectivity index (χ0v) is 12.6. The molecule has 1 aliphatic carbocycles. The molecule has 1 saturated carbocycles. The minimum Gasteiger partial charge on any atom is -0.393 e. The Hall–Kier alpha value is -0.530. The molecule has 1 nitrogen and oxygen atoms in total. The second-order valence-corrected chi connectivity index (χ2v) is 6.44. The van der Waals surface area contributed by atoms with Crippen molar-refractivity contribution in [3.05, 3.63) is 34.3 Å². The molecule has 1 aromatic rings. The lowest BCUT2D eigenvalue weighted by molar-refractivity contribution is 0.149. The normalized spacial score (nSPS) is 18.5. The van der Waals surface area contributed by atoms with E-state index < -0.39 is 0 Å². The van der Waals surface area contributed by atoms with Gasteiger partial charge < -0.3 is 5.11 Å². The number of benzene rings is 1. The van der Waals surface area contributed by atoms with E-state index in [1.807, 2.05) is 19.1 Å². The fraction of sp³-hybridized carbons (Fsp3) is 0.647. The highest BCUT2D eigenvalue weighted by atomic mass is 35.5. The Kier molecular flexibility index (Phi) is 5.72. The SMILES string of the molecule is Cc1ccc(CC(O)CCC2CCCCC2)c(Cl)c1. The molecule has 0 aromatic heterocycles. The summed E-state index contributed by atoms with van der Waals surface area (Å²) in [6, 6.07) is 6.08. The van der Waals surface area contributed by atoms with Crippen molar-refractivity contribution in [3.8, 4) is 0 Å². The molecule has 1 fully saturated rings. The third-order valence-electron chi connectivity index (χ3n) is 4.30. The van der Waals surface area contributed by atoms with E-state index in [1.165, 1.54) is 44.1 Å². The van der Waals surface area contributed by atoms with E-state index in [-0.39, 0.29) is 6.10 Å². The van der Waals surface area contributed by atoms with Crippen LogP contribution in [0.1, 0.15) is 56.1 Å². The fourth-order valence-electron chi connectivity index (χ4n) is 3.08. The molecular formula is C17H25ClO. The summed E-state index contributed by atoms with van der Waals surface area (Å²) in [4.78, 5) is 0. The molecule has 0 amide bonds. The number of aryl methyl sites for hydroxylation is 1. The molecule has 1 aromatic carbocycles. The van der Waals surface area contributed by atoms with Gasteiger partial charge in [-0.3, -0.25) is 0 Å². The maximum Gasteiger partial charge on any atom is 0.0581 e.